The summed E-state index contributed by atoms with van der Waals surface area (Å²) >= 11 is 0. The highest BCUT2D eigenvalue weighted by atomic mass is 19.1. The Hall–Kier alpha value is -2.03. The number of hydrogen-bond acceptors (Lipinski definition) is 2. The second-order valence-corrected chi connectivity index (χ2v) is 4.14. The largest absolute Gasteiger partial charge is 0.487 e. The number of halogens is 1. The summed E-state index contributed by atoms with van der Waals surface area (Å²) in [5.41, 5.74) is 8.47. The molecular formula is C15H16FNO. The Kier molecular flexibility index (Phi) is 3.82. The van der Waals surface area contributed by atoms with Gasteiger partial charge in [-0.25, -0.2) is 4.39 Å². The Labute approximate surface area is 106 Å². The van der Waals surface area contributed by atoms with Crippen LogP contribution in [0.4, 0.5) is 10.1 Å². The Bertz CT molecular complexity index is 540. The van der Waals surface area contributed by atoms with Crippen molar-refractivity contribution in [3.05, 3.63) is 59.4 Å². The van der Waals surface area contributed by atoms with E-state index in [9.17, 15) is 4.39 Å². The number of nitrogen functional groups attached to an aromatic ring is 1. The average Bonchev–Trinajstić information content (AvgIpc) is 2.37. The fourth-order valence-electron chi connectivity index (χ4n) is 1.74. The first-order valence-electron chi connectivity index (χ1n) is 5.94. The van der Waals surface area contributed by atoms with Crippen molar-refractivity contribution in [2.45, 2.75) is 20.0 Å². The highest BCUT2D eigenvalue weighted by Gasteiger charge is 2.02. The Morgan fingerprint density at radius 3 is 2.61 bits per heavy atom. The molecule has 2 N–H and O–H groups in total. The summed E-state index contributed by atoms with van der Waals surface area (Å²) in [6, 6.07) is 12.1. The topological polar surface area (TPSA) is 35.2 Å². The zero-order valence-corrected chi connectivity index (χ0v) is 10.3. The summed E-state index contributed by atoms with van der Waals surface area (Å²) < 4.78 is 18.6. The van der Waals surface area contributed by atoms with Gasteiger partial charge in [-0.05, 0) is 41.8 Å². The van der Waals surface area contributed by atoms with Crippen molar-refractivity contribution in [3.8, 4) is 5.75 Å². The standard InChI is InChI=1S/C15H16FNO/c1-2-11-6-7-15(14(17)9-11)18-10-12-4-3-5-13(16)8-12/h3-9H,2,10,17H2,1H3. The van der Waals surface area contributed by atoms with Crippen molar-refractivity contribution in [2.75, 3.05) is 5.73 Å². The van der Waals surface area contributed by atoms with Crippen molar-refractivity contribution in [2.24, 2.45) is 0 Å². The Balaban J connectivity index is 2.06. The lowest BCUT2D eigenvalue weighted by atomic mass is 10.1. The van der Waals surface area contributed by atoms with Gasteiger partial charge in [-0.2, -0.15) is 0 Å². The molecule has 0 atom stereocenters. The highest BCUT2D eigenvalue weighted by Crippen LogP contribution is 2.23. The molecule has 0 amide bonds. The zero-order valence-electron chi connectivity index (χ0n) is 10.3. The van der Waals surface area contributed by atoms with E-state index in [0.29, 0.717) is 18.0 Å². The summed E-state index contributed by atoms with van der Waals surface area (Å²) in [7, 11) is 0. The van der Waals surface area contributed by atoms with Crippen LogP contribution in [-0.2, 0) is 13.0 Å². The van der Waals surface area contributed by atoms with Gasteiger partial charge < -0.3 is 10.5 Å². The summed E-state index contributed by atoms with van der Waals surface area (Å²) in [5.74, 6) is 0.377. The molecule has 0 aromatic heterocycles. The predicted octanol–water partition coefficient (Wildman–Crippen LogP) is 3.55. The van der Waals surface area contributed by atoms with Gasteiger partial charge in [0.2, 0.25) is 0 Å². The van der Waals surface area contributed by atoms with Crippen LogP contribution in [0.3, 0.4) is 0 Å². The molecule has 2 rings (SSSR count). The number of nitrogens with two attached hydrogens (primary N) is 1. The summed E-state index contributed by atoms with van der Waals surface area (Å²) in [6.07, 6.45) is 0.939. The van der Waals surface area contributed by atoms with E-state index in [1.165, 1.54) is 17.7 Å². The summed E-state index contributed by atoms with van der Waals surface area (Å²) in [6.45, 7) is 2.38. The molecule has 0 aliphatic carbocycles. The van der Waals surface area contributed by atoms with Crippen LogP contribution in [0.1, 0.15) is 18.1 Å². The summed E-state index contributed by atoms with van der Waals surface area (Å²) in [4.78, 5) is 0. The van der Waals surface area contributed by atoms with Gasteiger partial charge in [0.1, 0.15) is 18.2 Å². The van der Waals surface area contributed by atoms with E-state index in [-0.39, 0.29) is 5.82 Å². The molecule has 0 saturated heterocycles. The monoisotopic (exact) mass is 245 g/mol. The molecule has 94 valence electrons. The minimum absolute atomic E-state index is 0.259. The molecule has 2 nitrogen and oxygen atoms in total. The lowest BCUT2D eigenvalue weighted by Crippen LogP contribution is -1.99. The van der Waals surface area contributed by atoms with Gasteiger partial charge in [0.05, 0.1) is 5.69 Å². The van der Waals surface area contributed by atoms with Crippen molar-refractivity contribution in [3.63, 3.8) is 0 Å². The van der Waals surface area contributed by atoms with Gasteiger partial charge in [0, 0.05) is 0 Å². The smallest absolute Gasteiger partial charge is 0.142 e. The molecule has 0 unspecified atom stereocenters. The van der Waals surface area contributed by atoms with E-state index in [1.807, 2.05) is 24.3 Å². The molecule has 3 heteroatoms. The predicted molar refractivity (Wildman–Crippen MR) is 71.0 cm³/mol. The number of benzene rings is 2. The van der Waals surface area contributed by atoms with Gasteiger partial charge in [-0.1, -0.05) is 25.1 Å². The van der Waals surface area contributed by atoms with Crippen molar-refractivity contribution in [1.29, 1.82) is 0 Å². The van der Waals surface area contributed by atoms with E-state index >= 15 is 0 Å². The molecule has 0 saturated carbocycles. The van der Waals surface area contributed by atoms with Gasteiger partial charge in [0.25, 0.3) is 0 Å². The first-order chi connectivity index (χ1) is 8.69. The fourth-order valence-corrected chi connectivity index (χ4v) is 1.74. The summed E-state index contributed by atoms with van der Waals surface area (Å²) in [5, 5.41) is 0. The van der Waals surface area contributed by atoms with Crippen LogP contribution in [0.2, 0.25) is 0 Å². The van der Waals surface area contributed by atoms with Crippen LogP contribution in [-0.4, -0.2) is 0 Å². The maximum absolute atomic E-state index is 13.0. The number of hydrogen-bond donors (Lipinski definition) is 1. The Morgan fingerprint density at radius 1 is 1.11 bits per heavy atom. The molecule has 0 fully saturated rings. The third kappa shape index (κ3) is 3.00. The Morgan fingerprint density at radius 2 is 1.94 bits per heavy atom. The van der Waals surface area contributed by atoms with Crippen molar-refractivity contribution < 1.29 is 9.13 Å². The van der Waals surface area contributed by atoms with E-state index in [2.05, 4.69) is 6.92 Å². The second kappa shape index (κ2) is 5.54. The lowest BCUT2D eigenvalue weighted by molar-refractivity contribution is 0.307. The van der Waals surface area contributed by atoms with E-state index < -0.39 is 0 Å². The normalized spacial score (nSPS) is 10.3. The van der Waals surface area contributed by atoms with Crippen molar-refractivity contribution >= 4 is 5.69 Å². The number of aryl methyl sites for hydroxylation is 1. The van der Waals surface area contributed by atoms with Gasteiger partial charge in [-0.15, -0.1) is 0 Å². The minimum atomic E-state index is -0.259. The third-order valence-corrected chi connectivity index (χ3v) is 2.77. The molecule has 0 bridgehead atoms. The van der Waals surface area contributed by atoms with E-state index in [0.717, 1.165) is 12.0 Å². The molecule has 2 aromatic carbocycles. The van der Waals surface area contributed by atoms with Crippen LogP contribution < -0.4 is 10.5 Å². The maximum atomic E-state index is 13.0. The molecule has 18 heavy (non-hydrogen) atoms. The molecular weight excluding hydrogens is 229 g/mol. The molecule has 0 radical (unpaired) electrons. The van der Waals surface area contributed by atoms with Crippen LogP contribution in [0.5, 0.6) is 5.75 Å². The van der Waals surface area contributed by atoms with Crippen LogP contribution in [0, 0.1) is 5.82 Å². The minimum Gasteiger partial charge on any atom is -0.487 e. The molecule has 2 aromatic rings. The molecule has 0 aliphatic rings. The van der Waals surface area contributed by atoms with Crippen molar-refractivity contribution in [1.82, 2.24) is 0 Å². The quantitative estimate of drug-likeness (QED) is 0.836. The zero-order chi connectivity index (χ0) is 13.0. The highest BCUT2D eigenvalue weighted by molar-refractivity contribution is 5.54. The first kappa shape index (κ1) is 12.4. The first-order valence-corrected chi connectivity index (χ1v) is 5.94. The second-order valence-electron chi connectivity index (χ2n) is 4.14. The maximum Gasteiger partial charge on any atom is 0.142 e. The average molecular weight is 245 g/mol. The van der Waals surface area contributed by atoms with Gasteiger partial charge in [0.15, 0.2) is 0 Å². The fraction of sp³-hybridized carbons (Fsp3) is 0.200. The number of ether oxygens (including phenoxy) is 1. The number of anilines is 1. The van der Waals surface area contributed by atoms with Crippen LogP contribution in [0.25, 0.3) is 0 Å². The van der Waals surface area contributed by atoms with Gasteiger partial charge in [-0.3, -0.25) is 0 Å². The molecule has 0 spiro atoms. The van der Waals surface area contributed by atoms with E-state index in [1.54, 1.807) is 6.07 Å². The van der Waals surface area contributed by atoms with Gasteiger partial charge >= 0.3 is 0 Å². The molecule has 0 heterocycles. The number of rotatable bonds is 4. The van der Waals surface area contributed by atoms with E-state index in [4.69, 9.17) is 10.5 Å². The SMILES string of the molecule is CCc1ccc(OCc2cccc(F)c2)c(N)c1. The molecule has 0 aliphatic heterocycles. The lowest BCUT2D eigenvalue weighted by Gasteiger charge is -2.10. The van der Waals surface area contributed by atoms with Crippen LogP contribution >= 0.6 is 0 Å². The third-order valence-electron chi connectivity index (χ3n) is 2.77. The van der Waals surface area contributed by atoms with Crippen LogP contribution in [0.15, 0.2) is 42.5 Å².